The summed E-state index contributed by atoms with van der Waals surface area (Å²) in [6.07, 6.45) is 0.510. The van der Waals surface area contributed by atoms with Crippen LogP contribution in [0.25, 0.3) is 0 Å². The van der Waals surface area contributed by atoms with Crippen LogP contribution in [0.4, 0.5) is 0 Å². The molecule has 11 nitrogen and oxygen atoms in total. The maximum absolute atomic E-state index is 12.8. The Morgan fingerprint density at radius 2 is 1.90 bits per heavy atom. The van der Waals surface area contributed by atoms with Crippen molar-refractivity contribution in [2.45, 2.75) is 44.3 Å². The molecule has 3 amide bonds. The number of hydrogen-bond acceptors (Lipinski definition) is 5. The number of nitrogens with zero attached hydrogens (tertiary/aromatic N) is 2. The van der Waals surface area contributed by atoms with E-state index in [1.807, 2.05) is 30.3 Å². The molecule has 168 valence electrons. The highest BCUT2D eigenvalue weighted by Gasteiger charge is 2.36. The van der Waals surface area contributed by atoms with Crippen molar-refractivity contribution >= 4 is 29.7 Å². The van der Waals surface area contributed by atoms with Crippen LogP contribution in [0.1, 0.15) is 31.2 Å². The van der Waals surface area contributed by atoms with E-state index >= 15 is 0 Å². The highest BCUT2D eigenvalue weighted by atomic mass is 16.4. The minimum absolute atomic E-state index is 0.0395. The minimum atomic E-state index is -1.26. The van der Waals surface area contributed by atoms with Gasteiger partial charge >= 0.3 is 5.97 Å². The van der Waals surface area contributed by atoms with E-state index < -0.39 is 36.3 Å². The second-order valence-corrected chi connectivity index (χ2v) is 7.16. The van der Waals surface area contributed by atoms with E-state index in [1.54, 1.807) is 0 Å². The monoisotopic (exact) mass is 432 g/mol. The molecule has 0 aromatic heterocycles. The molecule has 2 atom stereocenters. The van der Waals surface area contributed by atoms with Crippen LogP contribution in [0.15, 0.2) is 35.3 Å². The minimum Gasteiger partial charge on any atom is -0.481 e. The Morgan fingerprint density at radius 3 is 2.55 bits per heavy atom. The Morgan fingerprint density at radius 1 is 1.19 bits per heavy atom. The number of likely N-dealkylation sites (tertiary alicyclic amines) is 1. The van der Waals surface area contributed by atoms with Crippen LogP contribution in [0.2, 0.25) is 0 Å². The molecular formula is C20H28N6O5. The Labute approximate surface area is 179 Å². The van der Waals surface area contributed by atoms with E-state index in [2.05, 4.69) is 15.6 Å². The second kappa shape index (κ2) is 11.5. The van der Waals surface area contributed by atoms with Crippen LogP contribution < -0.4 is 22.1 Å². The van der Waals surface area contributed by atoms with Crippen molar-refractivity contribution in [2.75, 3.05) is 13.1 Å². The van der Waals surface area contributed by atoms with Gasteiger partial charge in [0.2, 0.25) is 17.7 Å². The zero-order valence-electron chi connectivity index (χ0n) is 17.1. The largest absolute Gasteiger partial charge is 0.481 e. The maximum atomic E-state index is 12.8. The molecule has 1 heterocycles. The summed E-state index contributed by atoms with van der Waals surface area (Å²) in [6, 6.07) is 7.07. The van der Waals surface area contributed by atoms with Crippen molar-refractivity contribution in [1.29, 1.82) is 0 Å². The Kier molecular flexibility index (Phi) is 8.79. The third-order valence-corrected chi connectivity index (χ3v) is 4.82. The van der Waals surface area contributed by atoms with Gasteiger partial charge in [-0.05, 0) is 18.4 Å². The normalized spacial score (nSPS) is 16.3. The second-order valence-electron chi connectivity index (χ2n) is 7.16. The average molecular weight is 432 g/mol. The van der Waals surface area contributed by atoms with Crippen LogP contribution in [0.5, 0.6) is 0 Å². The number of benzene rings is 1. The van der Waals surface area contributed by atoms with Crippen LogP contribution in [0.3, 0.4) is 0 Å². The summed E-state index contributed by atoms with van der Waals surface area (Å²) in [5.41, 5.74) is 11.3. The number of nitrogens with one attached hydrogen (secondary N) is 2. The summed E-state index contributed by atoms with van der Waals surface area (Å²) >= 11 is 0. The molecular weight excluding hydrogens is 404 g/mol. The lowest BCUT2D eigenvalue weighted by Crippen LogP contribution is -2.53. The van der Waals surface area contributed by atoms with Crippen molar-refractivity contribution < 1.29 is 24.3 Å². The van der Waals surface area contributed by atoms with Crippen LogP contribution in [0, 0.1) is 0 Å². The predicted molar refractivity (Wildman–Crippen MR) is 113 cm³/mol. The molecule has 1 fully saturated rings. The van der Waals surface area contributed by atoms with Crippen molar-refractivity contribution in [3.05, 3.63) is 35.9 Å². The zero-order valence-corrected chi connectivity index (χ0v) is 17.1. The first-order chi connectivity index (χ1) is 14.8. The van der Waals surface area contributed by atoms with Gasteiger partial charge in [0.05, 0.1) is 13.0 Å². The molecule has 1 aliphatic heterocycles. The van der Waals surface area contributed by atoms with E-state index in [0.29, 0.717) is 19.4 Å². The topological polar surface area (TPSA) is 180 Å². The van der Waals surface area contributed by atoms with Gasteiger partial charge in [0.15, 0.2) is 5.96 Å². The molecule has 31 heavy (non-hydrogen) atoms. The number of carboxylic acid groups (broad SMARTS) is 1. The molecule has 0 radical (unpaired) electrons. The van der Waals surface area contributed by atoms with Gasteiger partial charge in [-0.3, -0.25) is 24.2 Å². The van der Waals surface area contributed by atoms with Crippen molar-refractivity contribution in [2.24, 2.45) is 16.5 Å². The van der Waals surface area contributed by atoms with Gasteiger partial charge in [-0.2, -0.15) is 0 Å². The average Bonchev–Trinajstić information content (AvgIpc) is 3.22. The van der Waals surface area contributed by atoms with Gasteiger partial charge < -0.3 is 32.1 Å². The third kappa shape index (κ3) is 7.61. The van der Waals surface area contributed by atoms with Crippen LogP contribution in [-0.4, -0.2) is 64.8 Å². The number of aliphatic imine (C=N–C) groups is 1. The number of carbonyl (C=O) groups excluding carboxylic acids is 3. The van der Waals surface area contributed by atoms with Crippen molar-refractivity contribution in [3.8, 4) is 0 Å². The van der Waals surface area contributed by atoms with E-state index in [1.165, 1.54) is 4.90 Å². The maximum Gasteiger partial charge on any atom is 0.305 e. The molecule has 2 rings (SSSR count). The SMILES string of the molecule is NC(N)=NCCC(=O)N1CCC[C@@H]1C(=O)N[C@@H](CC(=O)O)C(=O)NCc1ccccc1. The number of carboxylic acids is 1. The number of hydrogen-bond donors (Lipinski definition) is 5. The van der Waals surface area contributed by atoms with Crippen molar-refractivity contribution in [3.63, 3.8) is 0 Å². The fourth-order valence-electron chi connectivity index (χ4n) is 3.32. The Balaban J connectivity index is 1.98. The summed E-state index contributed by atoms with van der Waals surface area (Å²) in [5, 5.41) is 14.3. The first kappa shape index (κ1) is 23.6. The number of nitrogens with two attached hydrogens (primary N) is 2. The molecule has 0 aliphatic carbocycles. The molecule has 1 saturated heterocycles. The van der Waals surface area contributed by atoms with Crippen molar-refractivity contribution in [1.82, 2.24) is 15.5 Å². The smallest absolute Gasteiger partial charge is 0.305 e. The standard InChI is InChI=1S/C20H28N6O5/c21-20(22)23-9-8-16(27)26-10-4-7-15(26)19(31)25-14(11-17(28)29)18(30)24-12-13-5-2-1-3-6-13/h1-3,5-6,14-15H,4,7-12H2,(H,24,30)(H,25,31)(H,28,29)(H4,21,22,23)/t14-,15+/m0/s1. The quantitative estimate of drug-likeness (QED) is 0.230. The zero-order chi connectivity index (χ0) is 22.8. The molecule has 0 unspecified atom stereocenters. The van der Waals surface area contributed by atoms with Gasteiger partial charge in [-0.15, -0.1) is 0 Å². The summed E-state index contributed by atoms with van der Waals surface area (Å²) < 4.78 is 0. The number of guanidine groups is 1. The lowest BCUT2D eigenvalue weighted by Gasteiger charge is -2.26. The molecule has 7 N–H and O–H groups in total. The number of amides is 3. The number of carbonyl (C=O) groups is 4. The number of rotatable bonds is 10. The first-order valence-electron chi connectivity index (χ1n) is 9.96. The lowest BCUT2D eigenvalue weighted by molar-refractivity contribution is -0.142. The third-order valence-electron chi connectivity index (χ3n) is 4.82. The molecule has 1 aromatic rings. The highest BCUT2D eigenvalue weighted by molar-refractivity contribution is 5.94. The fraction of sp³-hybridized carbons (Fsp3) is 0.450. The van der Waals surface area contributed by atoms with Gasteiger partial charge in [-0.25, -0.2) is 0 Å². The van der Waals surface area contributed by atoms with Crippen LogP contribution >= 0.6 is 0 Å². The molecule has 1 aliphatic rings. The molecule has 0 bridgehead atoms. The van der Waals surface area contributed by atoms with Crippen LogP contribution in [-0.2, 0) is 25.7 Å². The fourth-order valence-corrected chi connectivity index (χ4v) is 3.32. The molecule has 0 saturated carbocycles. The molecule has 11 heteroatoms. The predicted octanol–water partition coefficient (Wildman–Crippen LogP) is -1.08. The summed E-state index contributed by atoms with van der Waals surface area (Å²) in [5.74, 6) is -2.80. The summed E-state index contributed by atoms with van der Waals surface area (Å²) in [4.78, 5) is 54.1. The highest BCUT2D eigenvalue weighted by Crippen LogP contribution is 2.19. The van der Waals surface area contributed by atoms with E-state index in [-0.39, 0.29) is 31.4 Å². The number of aliphatic carboxylic acids is 1. The van der Waals surface area contributed by atoms with E-state index in [9.17, 15) is 19.2 Å². The Hall–Kier alpha value is -3.63. The van der Waals surface area contributed by atoms with Gasteiger partial charge in [0.1, 0.15) is 12.1 Å². The molecule has 0 spiro atoms. The van der Waals surface area contributed by atoms with E-state index in [0.717, 1.165) is 5.56 Å². The molecule has 1 aromatic carbocycles. The van der Waals surface area contributed by atoms with Gasteiger partial charge in [0, 0.05) is 19.5 Å². The lowest BCUT2D eigenvalue weighted by atomic mass is 10.1. The summed E-state index contributed by atoms with van der Waals surface area (Å²) in [6.45, 7) is 0.697. The first-order valence-corrected chi connectivity index (χ1v) is 9.96. The van der Waals surface area contributed by atoms with Gasteiger partial charge in [-0.1, -0.05) is 30.3 Å². The van der Waals surface area contributed by atoms with Gasteiger partial charge in [0.25, 0.3) is 0 Å². The summed E-state index contributed by atoms with van der Waals surface area (Å²) in [7, 11) is 0. The van der Waals surface area contributed by atoms with E-state index in [4.69, 9.17) is 16.6 Å². The Bertz CT molecular complexity index is 825.